The normalized spacial score (nSPS) is 12.3. The largest absolute Gasteiger partial charge is 0.416 e. The van der Waals surface area contributed by atoms with Gasteiger partial charge in [-0.3, -0.25) is 4.79 Å². The highest BCUT2D eigenvalue weighted by molar-refractivity contribution is 7.91. The van der Waals surface area contributed by atoms with Crippen LogP contribution in [0, 0.1) is 0 Å². The first-order valence-corrected chi connectivity index (χ1v) is 10.4. The molecule has 6 nitrogen and oxygen atoms in total. The van der Waals surface area contributed by atoms with Gasteiger partial charge in [0.1, 0.15) is 4.21 Å². The second kappa shape index (κ2) is 8.27. The molecular formula is C16H17ClF3N3O3S2. The summed E-state index contributed by atoms with van der Waals surface area (Å²) in [6.07, 6.45) is -4.58. The van der Waals surface area contributed by atoms with Crippen LogP contribution in [0.4, 0.5) is 24.5 Å². The highest BCUT2D eigenvalue weighted by atomic mass is 35.5. The maximum atomic E-state index is 13.0. The number of carbonyl (C=O) groups is 1. The van der Waals surface area contributed by atoms with E-state index in [4.69, 9.17) is 11.6 Å². The Bertz CT molecular complexity index is 975. The minimum atomic E-state index is -4.58. The zero-order valence-electron chi connectivity index (χ0n) is 15.0. The summed E-state index contributed by atoms with van der Waals surface area (Å²) in [5.74, 6) is -0.781. The van der Waals surface area contributed by atoms with Crippen LogP contribution in [0.5, 0.6) is 0 Å². The van der Waals surface area contributed by atoms with Crippen molar-refractivity contribution < 1.29 is 26.4 Å². The Hall–Kier alpha value is -1.82. The Morgan fingerprint density at radius 1 is 1.18 bits per heavy atom. The van der Waals surface area contributed by atoms with E-state index in [1.54, 1.807) is 14.1 Å². The van der Waals surface area contributed by atoms with E-state index >= 15 is 0 Å². The van der Waals surface area contributed by atoms with Gasteiger partial charge in [-0.15, -0.1) is 11.3 Å². The van der Waals surface area contributed by atoms with E-state index in [1.807, 2.05) is 0 Å². The van der Waals surface area contributed by atoms with Crippen LogP contribution < -0.4 is 10.2 Å². The molecule has 0 saturated heterocycles. The summed E-state index contributed by atoms with van der Waals surface area (Å²) in [6, 6.07) is 5.67. The molecule has 1 heterocycles. The van der Waals surface area contributed by atoms with Gasteiger partial charge in [0, 0.05) is 21.1 Å². The molecule has 0 aliphatic heterocycles. The van der Waals surface area contributed by atoms with Crippen molar-refractivity contribution in [1.29, 1.82) is 0 Å². The molecule has 0 fully saturated rings. The SMILES string of the molecule is CN(C)c1ccc(C(F)(F)F)cc1NC(=O)CN(C)S(=O)(=O)c1ccc(Cl)s1. The van der Waals surface area contributed by atoms with Crippen LogP contribution in [0.25, 0.3) is 0 Å². The minimum Gasteiger partial charge on any atom is -0.376 e. The highest BCUT2D eigenvalue weighted by Crippen LogP contribution is 2.35. The number of nitrogens with zero attached hydrogens (tertiary/aromatic N) is 2. The van der Waals surface area contributed by atoms with E-state index in [-0.39, 0.29) is 14.2 Å². The number of likely N-dealkylation sites (N-methyl/N-ethyl adjacent to an activating group) is 1. The van der Waals surface area contributed by atoms with E-state index < -0.39 is 34.2 Å². The van der Waals surface area contributed by atoms with Crippen LogP contribution in [-0.2, 0) is 21.0 Å². The molecule has 154 valence electrons. The van der Waals surface area contributed by atoms with Crippen LogP contribution in [0.15, 0.2) is 34.5 Å². The van der Waals surface area contributed by atoms with Gasteiger partial charge in [0.15, 0.2) is 0 Å². The van der Waals surface area contributed by atoms with Gasteiger partial charge in [0.05, 0.1) is 27.8 Å². The third-order valence-electron chi connectivity index (χ3n) is 3.66. The number of benzene rings is 1. The predicted octanol–water partition coefficient (Wildman–Crippen LogP) is 3.75. The lowest BCUT2D eigenvalue weighted by Crippen LogP contribution is -2.34. The zero-order chi connectivity index (χ0) is 21.3. The number of rotatable bonds is 6. The molecule has 1 aromatic carbocycles. The zero-order valence-corrected chi connectivity index (χ0v) is 17.4. The Labute approximate surface area is 169 Å². The first-order chi connectivity index (χ1) is 12.8. The lowest BCUT2D eigenvalue weighted by Gasteiger charge is -2.21. The van der Waals surface area contributed by atoms with Gasteiger partial charge >= 0.3 is 6.18 Å². The van der Waals surface area contributed by atoms with E-state index in [0.29, 0.717) is 5.69 Å². The molecule has 0 spiro atoms. The number of carbonyl (C=O) groups excluding carboxylic acids is 1. The van der Waals surface area contributed by atoms with E-state index in [9.17, 15) is 26.4 Å². The monoisotopic (exact) mass is 455 g/mol. The topological polar surface area (TPSA) is 69.7 Å². The first kappa shape index (κ1) is 22.5. The number of alkyl halides is 3. The van der Waals surface area contributed by atoms with Gasteiger partial charge in [-0.25, -0.2) is 8.42 Å². The van der Waals surface area contributed by atoms with E-state index in [2.05, 4.69) is 5.32 Å². The standard InChI is InChI=1S/C16H17ClF3N3O3S2/c1-22(2)12-5-4-10(16(18,19)20)8-11(12)21-14(24)9-23(3)28(25,26)15-7-6-13(17)27-15/h4-8H,9H2,1-3H3,(H,21,24). The van der Waals surface area contributed by atoms with E-state index in [0.717, 1.165) is 27.8 Å². The third-order valence-corrected chi connectivity index (χ3v) is 7.16. The number of hydrogen-bond donors (Lipinski definition) is 1. The fraction of sp³-hybridized carbons (Fsp3) is 0.312. The quantitative estimate of drug-likeness (QED) is 0.720. The van der Waals surface area contributed by atoms with Crippen LogP contribution >= 0.6 is 22.9 Å². The van der Waals surface area contributed by atoms with Crippen molar-refractivity contribution in [2.45, 2.75) is 10.4 Å². The van der Waals surface area contributed by atoms with Crippen LogP contribution in [0.1, 0.15) is 5.56 Å². The Kier molecular flexibility index (Phi) is 6.64. The molecule has 0 aliphatic rings. The smallest absolute Gasteiger partial charge is 0.376 e. The Morgan fingerprint density at radius 3 is 2.32 bits per heavy atom. The van der Waals surface area contributed by atoms with Gasteiger partial charge in [0.25, 0.3) is 10.0 Å². The third kappa shape index (κ3) is 5.16. The molecule has 1 amide bonds. The summed E-state index contributed by atoms with van der Waals surface area (Å²) in [4.78, 5) is 13.8. The van der Waals surface area contributed by atoms with Crippen LogP contribution in [-0.4, -0.2) is 46.3 Å². The summed E-state index contributed by atoms with van der Waals surface area (Å²) >= 11 is 6.58. The van der Waals surface area contributed by atoms with E-state index in [1.165, 1.54) is 30.1 Å². The molecule has 12 heteroatoms. The molecule has 0 saturated carbocycles. The number of amides is 1. The van der Waals surface area contributed by atoms with Crippen molar-refractivity contribution in [3.05, 3.63) is 40.2 Å². The van der Waals surface area contributed by atoms with Crippen molar-refractivity contribution in [2.75, 3.05) is 37.9 Å². The number of nitrogens with one attached hydrogen (secondary N) is 1. The molecule has 0 aliphatic carbocycles. The van der Waals surface area contributed by atoms with Crippen LogP contribution in [0.3, 0.4) is 0 Å². The van der Waals surface area contributed by atoms with Gasteiger partial charge in [-0.2, -0.15) is 17.5 Å². The molecule has 1 aromatic heterocycles. The maximum absolute atomic E-state index is 13.0. The van der Waals surface area contributed by atoms with Crippen molar-refractivity contribution in [1.82, 2.24) is 4.31 Å². The highest BCUT2D eigenvalue weighted by Gasteiger charge is 2.31. The second-order valence-electron chi connectivity index (χ2n) is 5.99. The molecule has 0 radical (unpaired) electrons. The number of halogens is 4. The molecule has 1 N–H and O–H groups in total. The fourth-order valence-electron chi connectivity index (χ4n) is 2.27. The average Bonchev–Trinajstić information content (AvgIpc) is 3.00. The first-order valence-electron chi connectivity index (χ1n) is 7.72. The summed E-state index contributed by atoms with van der Waals surface area (Å²) in [5, 5.41) is 2.35. The number of hydrogen-bond acceptors (Lipinski definition) is 5. The molecule has 0 bridgehead atoms. The summed E-state index contributed by atoms with van der Waals surface area (Å²) in [5.41, 5.74) is -0.658. The average molecular weight is 456 g/mol. The van der Waals surface area contributed by atoms with Gasteiger partial charge in [-0.1, -0.05) is 11.6 Å². The molecule has 2 rings (SSSR count). The maximum Gasteiger partial charge on any atom is 0.416 e. The Balaban J connectivity index is 2.22. The van der Waals surface area contributed by atoms with Gasteiger partial charge < -0.3 is 10.2 Å². The molecule has 2 aromatic rings. The van der Waals surface area contributed by atoms with Crippen LogP contribution in [0.2, 0.25) is 4.34 Å². The van der Waals surface area contributed by atoms with Gasteiger partial charge in [0.2, 0.25) is 5.91 Å². The minimum absolute atomic E-state index is 0.0409. The lowest BCUT2D eigenvalue weighted by atomic mass is 10.1. The number of thiophene rings is 1. The van der Waals surface area contributed by atoms with Crippen molar-refractivity contribution in [2.24, 2.45) is 0 Å². The fourth-order valence-corrected chi connectivity index (χ4v) is 5.09. The molecule has 28 heavy (non-hydrogen) atoms. The second-order valence-corrected chi connectivity index (χ2v) is 9.98. The number of sulfonamides is 1. The molecular weight excluding hydrogens is 439 g/mol. The predicted molar refractivity (Wildman–Crippen MR) is 104 cm³/mol. The van der Waals surface area contributed by atoms with Crippen molar-refractivity contribution in [3.63, 3.8) is 0 Å². The molecule has 0 atom stereocenters. The number of anilines is 2. The lowest BCUT2D eigenvalue weighted by molar-refractivity contribution is -0.137. The van der Waals surface area contributed by atoms with Crippen molar-refractivity contribution in [3.8, 4) is 0 Å². The summed E-state index contributed by atoms with van der Waals surface area (Å²) < 4.78 is 64.8. The Morgan fingerprint density at radius 2 is 1.82 bits per heavy atom. The van der Waals surface area contributed by atoms with Crippen molar-refractivity contribution >= 4 is 50.2 Å². The molecule has 0 unspecified atom stereocenters. The summed E-state index contributed by atoms with van der Waals surface area (Å²) in [6.45, 7) is -0.582. The summed E-state index contributed by atoms with van der Waals surface area (Å²) in [7, 11) is 0.462. The van der Waals surface area contributed by atoms with Gasteiger partial charge in [-0.05, 0) is 30.3 Å².